The lowest BCUT2D eigenvalue weighted by Gasteiger charge is -2.32. The number of likely N-dealkylation sites (N-methyl/N-ethyl adjacent to an activating group) is 1. The molecule has 6 heteroatoms. The van der Waals surface area contributed by atoms with Crippen LogP contribution in [0.1, 0.15) is 21.7 Å². The topological polar surface area (TPSA) is 69.6 Å². The summed E-state index contributed by atoms with van der Waals surface area (Å²) in [6.45, 7) is 7.14. The molecule has 1 N–H and O–H groups in total. The molecular weight excluding hydrogens is 232 g/mol. The number of rotatable bonds is 2. The van der Waals surface area contributed by atoms with E-state index in [2.05, 4.69) is 26.8 Å². The first-order chi connectivity index (χ1) is 8.49. The van der Waals surface area contributed by atoms with Crippen molar-refractivity contribution in [1.82, 2.24) is 14.9 Å². The van der Waals surface area contributed by atoms with E-state index in [1.165, 1.54) is 0 Å². The maximum absolute atomic E-state index is 11.1. The minimum Gasteiger partial charge on any atom is -0.478 e. The van der Waals surface area contributed by atoms with Gasteiger partial charge in [-0.3, -0.25) is 0 Å². The number of hydrogen-bond acceptors (Lipinski definition) is 5. The van der Waals surface area contributed by atoms with E-state index in [-0.39, 0.29) is 5.56 Å². The van der Waals surface area contributed by atoms with Gasteiger partial charge in [0.05, 0.1) is 11.4 Å². The van der Waals surface area contributed by atoms with Crippen molar-refractivity contribution in [3.63, 3.8) is 0 Å². The van der Waals surface area contributed by atoms with Gasteiger partial charge in [0.25, 0.3) is 0 Å². The summed E-state index contributed by atoms with van der Waals surface area (Å²) in [5.41, 5.74) is 1.28. The molecule has 0 unspecified atom stereocenters. The Morgan fingerprint density at radius 3 is 2.06 bits per heavy atom. The van der Waals surface area contributed by atoms with E-state index in [0.717, 1.165) is 26.2 Å². The first-order valence-corrected chi connectivity index (χ1v) is 6.01. The number of aryl methyl sites for hydroxylation is 2. The van der Waals surface area contributed by atoms with Gasteiger partial charge < -0.3 is 14.9 Å². The lowest BCUT2D eigenvalue weighted by molar-refractivity contribution is 0.0694. The Kier molecular flexibility index (Phi) is 3.47. The normalized spacial score (nSPS) is 16.9. The second-order valence-corrected chi connectivity index (χ2v) is 4.66. The zero-order chi connectivity index (χ0) is 13.3. The minimum absolute atomic E-state index is 0.216. The standard InChI is InChI=1S/C12H18N4O2/c1-8-10(11(17)18)9(2)14-12(13-8)16-6-4-15(3)5-7-16/h4-7H2,1-3H3,(H,17,18). The van der Waals surface area contributed by atoms with E-state index in [9.17, 15) is 4.79 Å². The summed E-state index contributed by atoms with van der Waals surface area (Å²) in [6, 6.07) is 0. The molecule has 1 aromatic rings. The van der Waals surface area contributed by atoms with Crippen LogP contribution in [-0.2, 0) is 0 Å². The largest absolute Gasteiger partial charge is 0.478 e. The van der Waals surface area contributed by atoms with E-state index in [1.54, 1.807) is 13.8 Å². The van der Waals surface area contributed by atoms with Crippen molar-refractivity contribution in [3.8, 4) is 0 Å². The average Bonchev–Trinajstić information content (AvgIpc) is 2.28. The third-order valence-corrected chi connectivity index (χ3v) is 3.26. The summed E-state index contributed by atoms with van der Waals surface area (Å²) < 4.78 is 0. The van der Waals surface area contributed by atoms with Gasteiger partial charge in [-0.05, 0) is 20.9 Å². The molecule has 98 valence electrons. The first kappa shape index (κ1) is 12.8. The molecular formula is C12H18N4O2. The zero-order valence-corrected chi connectivity index (χ0v) is 11.0. The van der Waals surface area contributed by atoms with Crippen LogP contribution in [0.25, 0.3) is 0 Å². The maximum Gasteiger partial charge on any atom is 0.339 e. The van der Waals surface area contributed by atoms with E-state index < -0.39 is 5.97 Å². The van der Waals surface area contributed by atoms with Crippen molar-refractivity contribution in [2.75, 3.05) is 38.1 Å². The predicted octanol–water partition coefficient (Wildman–Crippen LogP) is 0.543. The van der Waals surface area contributed by atoms with Crippen LogP contribution in [0.5, 0.6) is 0 Å². The number of anilines is 1. The zero-order valence-electron chi connectivity index (χ0n) is 11.0. The molecule has 1 aromatic heterocycles. The number of carbonyl (C=O) groups is 1. The van der Waals surface area contributed by atoms with Crippen LogP contribution in [0.2, 0.25) is 0 Å². The molecule has 0 saturated carbocycles. The Morgan fingerprint density at radius 2 is 1.61 bits per heavy atom. The lowest BCUT2D eigenvalue weighted by Crippen LogP contribution is -2.45. The molecule has 0 spiro atoms. The summed E-state index contributed by atoms with van der Waals surface area (Å²) in [4.78, 5) is 24.1. The fourth-order valence-corrected chi connectivity index (χ4v) is 2.16. The molecule has 1 aliphatic heterocycles. The smallest absolute Gasteiger partial charge is 0.339 e. The predicted molar refractivity (Wildman–Crippen MR) is 68.2 cm³/mol. The molecule has 0 radical (unpaired) electrons. The van der Waals surface area contributed by atoms with Crippen LogP contribution in [0.15, 0.2) is 0 Å². The monoisotopic (exact) mass is 250 g/mol. The Balaban J connectivity index is 2.28. The lowest BCUT2D eigenvalue weighted by atomic mass is 10.2. The second kappa shape index (κ2) is 4.89. The van der Waals surface area contributed by atoms with Crippen LogP contribution < -0.4 is 4.90 Å². The van der Waals surface area contributed by atoms with Crippen LogP contribution >= 0.6 is 0 Å². The second-order valence-electron chi connectivity index (χ2n) is 4.66. The van der Waals surface area contributed by atoms with Gasteiger partial charge in [-0.25, -0.2) is 14.8 Å². The first-order valence-electron chi connectivity index (χ1n) is 6.01. The number of piperazine rings is 1. The van der Waals surface area contributed by atoms with Crippen molar-refractivity contribution >= 4 is 11.9 Å². The van der Waals surface area contributed by atoms with Crippen molar-refractivity contribution in [2.45, 2.75) is 13.8 Å². The van der Waals surface area contributed by atoms with Crippen molar-refractivity contribution in [1.29, 1.82) is 0 Å². The van der Waals surface area contributed by atoms with Crippen LogP contribution in [0, 0.1) is 13.8 Å². The van der Waals surface area contributed by atoms with E-state index in [4.69, 9.17) is 5.11 Å². The van der Waals surface area contributed by atoms with Gasteiger partial charge in [0.1, 0.15) is 5.56 Å². The van der Waals surface area contributed by atoms with Crippen molar-refractivity contribution in [2.24, 2.45) is 0 Å². The number of carboxylic acid groups (broad SMARTS) is 1. The number of aromatic carboxylic acids is 1. The van der Waals surface area contributed by atoms with Gasteiger partial charge in [-0.2, -0.15) is 0 Å². The van der Waals surface area contributed by atoms with Gasteiger partial charge in [-0.1, -0.05) is 0 Å². The highest BCUT2D eigenvalue weighted by Gasteiger charge is 2.20. The van der Waals surface area contributed by atoms with Crippen LogP contribution in [0.3, 0.4) is 0 Å². The third-order valence-electron chi connectivity index (χ3n) is 3.26. The van der Waals surface area contributed by atoms with Gasteiger partial charge in [0.15, 0.2) is 0 Å². The van der Waals surface area contributed by atoms with Crippen molar-refractivity contribution in [3.05, 3.63) is 17.0 Å². The molecule has 18 heavy (non-hydrogen) atoms. The van der Waals surface area contributed by atoms with E-state index in [0.29, 0.717) is 17.3 Å². The summed E-state index contributed by atoms with van der Waals surface area (Å²) in [5, 5.41) is 9.08. The fourth-order valence-electron chi connectivity index (χ4n) is 2.16. The van der Waals surface area contributed by atoms with Crippen LogP contribution in [-0.4, -0.2) is 59.2 Å². The molecule has 0 aromatic carbocycles. The Labute approximate surface area is 106 Å². The molecule has 2 rings (SSSR count). The number of aromatic nitrogens is 2. The van der Waals surface area contributed by atoms with Crippen molar-refractivity contribution < 1.29 is 9.90 Å². The molecule has 1 aliphatic rings. The molecule has 6 nitrogen and oxygen atoms in total. The van der Waals surface area contributed by atoms with E-state index in [1.807, 2.05) is 0 Å². The molecule has 1 fully saturated rings. The SMILES string of the molecule is Cc1nc(N2CCN(C)CC2)nc(C)c1C(=O)O. The summed E-state index contributed by atoms with van der Waals surface area (Å²) in [5.74, 6) is -0.321. The molecule has 1 saturated heterocycles. The Hall–Kier alpha value is -1.69. The summed E-state index contributed by atoms with van der Waals surface area (Å²) >= 11 is 0. The average molecular weight is 250 g/mol. The number of carboxylic acids is 1. The Bertz CT molecular complexity index is 444. The van der Waals surface area contributed by atoms with Gasteiger partial charge >= 0.3 is 5.97 Å². The van der Waals surface area contributed by atoms with Gasteiger partial charge in [0.2, 0.25) is 5.95 Å². The highest BCUT2D eigenvalue weighted by Crippen LogP contribution is 2.16. The summed E-state index contributed by atoms with van der Waals surface area (Å²) in [7, 11) is 2.09. The van der Waals surface area contributed by atoms with Gasteiger partial charge in [0, 0.05) is 26.2 Å². The number of nitrogens with zero attached hydrogens (tertiary/aromatic N) is 4. The maximum atomic E-state index is 11.1. The number of hydrogen-bond donors (Lipinski definition) is 1. The quantitative estimate of drug-likeness (QED) is 0.826. The molecule has 0 bridgehead atoms. The summed E-state index contributed by atoms with van der Waals surface area (Å²) in [6.07, 6.45) is 0. The minimum atomic E-state index is -0.963. The molecule has 0 amide bonds. The van der Waals surface area contributed by atoms with E-state index >= 15 is 0 Å². The van der Waals surface area contributed by atoms with Gasteiger partial charge in [-0.15, -0.1) is 0 Å². The fraction of sp³-hybridized carbons (Fsp3) is 0.583. The molecule has 0 aliphatic carbocycles. The molecule has 2 heterocycles. The molecule has 0 atom stereocenters. The highest BCUT2D eigenvalue weighted by molar-refractivity contribution is 5.90. The highest BCUT2D eigenvalue weighted by atomic mass is 16.4. The van der Waals surface area contributed by atoms with Crippen LogP contribution in [0.4, 0.5) is 5.95 Å². The third kappa shape index (κ3) is 2.43. The Morgan fingerprint density at radius 1 is 1.11 bits per heavy atom.